The summed E-state index contributed by atoms with van der Waals surface area (Å²) < 4.78 is 5.92. The zero-order valence-corrected chi connectivity index (χ0v) is 18.5. The summed E-state index contributed by atoms with van der Waals surface area (Å²) in [6.45, 7) is 0.580. The third kappa shape index (κ3) is 7.89. The molecule has 3 aromatic carbocycles. The van der Waals surface area contributed by atoms with Crippen molar-refractivity contribution in [3.63, 3.8) is 0 Å². The van der Waals surface area contributed by atoms with Crippen LogP contribution >= 0.6 is 23.8 Å². The molecule has 0 fully saturated rings. The molecule has 4 nitrogen and oxygen atoms in total. The number of para-hydroxylation sites is 2. The second-order valence-corrected chi connectivity index (χ2v) is 7.61. The highest BCUT2D eigenvalue weighted by Crippen LogP contribution is 2.24. The highest BCUT2D eigenvalue weighted by atomic mass is 35.5. The SMILES string of the molecule is O=C(/C=C/c1ccc(Cl)cc1)NC(=S)Nc1ccccc1OCCCc1ccccc1. The first-order chi connectivity index (χ1) is 15.1. The second-order valence-electron chi connectivity index (χ2n) is 6.76. The number of carbonyl (C=O) groups is 1. The van der Waals surface area contributed by atoms with Crippen LogP contribution in [0.15, 0.2) is 84.9 Å². The van der Waals surface area contributed by atoms with Crippen molar-refractivity contribution in [1.82, 2.24) is 5.32 Å². The minimum Gasteiger partial charge on any atom is -0.491 e. The van der Waals surface area contributed by atoms with Crippen LogP contribution in [0, 0.1) is 0 Å². The Hall–Kier alpha value is -3.15. The van der Waals surface area contributed by atoms with Crippen LogP contribution in [0.1, 0.15) is 17.5 Å². The van der Waals surface area contributed by atoms with Gasteiger partial charge in [0, 0.05) is 11.1 Å². The van der Waals surface area contributed by atoms with Gasteiger partial charge < -0.3 is 10.1 Å². The Morgan fingerprint density at radius 3 is 2.45 bits per heavy atom. The van der Waals surface area contributed by atoms with E-state index in [1.54, 1.807) is 18.2 Å². The van der Waals surface area contributed by atoms with Crippen molar-refractivity contribution in [1.29, 1.82) is 0 Å². The quantitative estimate of drug-likeness (QED) is 0.255. The van der Waals surface area contributed by atoms with Crippen molar-refractivity contribution in [2.75, 3.05) is 11.9 Å². The molecule has 0 atom stereocenters. The standard InChI is InChI=1S/C25H23ClN2O2S/c26-21-15-12-20(13-16-21)14-17-24(29)28-25(31)27-22-10-4-5-11-23(22)30-18-6-9-19-7-2-1-3-8-19/h1-5,7-8,10-17H,6,9,18H2,(H2,27,28,29,31)/b17-14+. The molecule has 0 aliphatic rings. The summed E-state index contributed by atoms with van der Waals surface area (Å²) >= 11 is 11.1. The predicted molar refractivity (Wildman–Crippen MR) is 132 cm³/mol. The number of amides is 1. The molecule has 3 aromatic rings. The molecule has 0 unspecified atom stereocenters. The Labute approximate surface area is 192 Å². The number of hydrogen-bond acceptors (Lipinski definition) is 3. The molecule has 0 aliphatic heterocycles. The van der Waals surface area contributed by atoms with E-state index in [1.165, 1.54) is 11.6 Å². The first-order valence-corrected chi connectivity index (χ1v) is 10.7. The third-order valence-corrected chi connectivity index (χ3v) is 4.84. The highest BCUT2D eigenvalue weighted by molar-refractivity contribution is 7.80. The summed E-state index contributed by atoms with van der Waals surface area (Å²) in [7, 11) is 0. The molecule has 3 rings (SSSR count). The van der Waals surface area contributed by atoms with E-state index in [4.69, 9.17) is 28.6 Å². The number of rotatable bonds is 8. The number of anilines is 1. The normalized spacial score (nSPS) is 10.6. The van der Waals surface area contributed by atoms with Crippen LogP contribution in [0.5, 0.6) is 5.75 Å². The Bertz CT molecular complexity index is 1040. The average molecular weight is 451 g/mol. The highest BCUT2D eigenvalue weighted by Gasteiger charge is 2.07. The van der Waals surface area contributed by atoms with Crippen LogP contribution in [0.3, 0.4) is 0 Å². The number of ether oxygens (including phenoxy) is 1. The van der Waals surface area contributed by atoms with Gasteiger partial charge >= 0.3 is 0 Å². The maximum Gasteiger partial charge on any atom is 0.250 e. The van der Waals surface area contributed by atoms with E-state index in [0.717, 1.165) is 18.4 Å². The van der Waals surface area contributed by atoms with Crippen LogP contribution in [-0.4, -0.2) is 17.6 Å². The molecule has 0 radical (unpaired) electrons. The van der Waals surface area contributed by atoms with E-state index in [1.807, 2.05) is 54.6 Å². The maximum atomic E-state index is 12.1. The lowest BCUT2D eigenvalue weighted by Gasteiger charge is -2.14. The number of halogens is 1. The molecule has 0 saturated carbocycles. The summed E-state index contributed by atoms with van der Waals surface area (Å²) in [4.78, 5) is 12.1. The van der Waals surface area contributed by atoms with Crippen LogP contribution in [0.25, 0.3) is 6.08 Å². The van der Waals surface area contributed by atoms with Crippen LogP contribution in [0.2, 0.25) is 5.02 Å². The van der Waals surface area contributed by atoms with Gasteiger partial charge in [-0.1, -0.05) is 66.2 Å². The van der Waals surface area contributed by atoms with Gasteiger partial charge in [-0.25, -0.2) is 0 Å². The fraction of sp³-hybridized carbons (Fsp3) is 0.120. The lowest BCUT2D eigenvalue weighted by molar-refractivity contribution is -0.115. The number of carbonyl (C=O) groups excluding carboxylic acids is 1. The topological polar surface area (TPSA) is 50.4 Å². The first-order valence-electron chi connectivity index (χ1n) is 9.91. The Morgan fingerprint density at radius 1 is 0.968 bits per heavy atom. The average Bonchev–Trinajstić information content (AvgIpc) is 2.78. The zero-order valence-electron chi connectivity index (χ0n) is 16.9. The zero-order chi connectivity index (χ0) is 21.9. The number of benzene rings is 3. The molecule has 0 aromatic heterocycles. The molecular formula is C25H23ClN2O2S. The van der Waals surface area contributed by atoms with Crippen LogP contribution in [0.4, 0.5) is 5.69 Å². The molecule has 0 saturated heterocycles. The molecule has 31 heavy (non-hydrogen) atoms. The number of aryl methyl sites for hydroxylation is 1. The van der Waals surface area contributed by atoms with E-state index in [9.17, 15) is 4.79 Å². The Morgan fingerprint density at radius 2 is 1.68 bits per heavy atom. The fourth-order valence-electron chi connectivity index (χ4n) is 2.85. The summed E-state index contributed by atoms with van der Waals surface area (Å²) in [5, 5.41) is 6.51. The first kappa shape index (κ1) is 22.5. The van der Waals surface area contributed by atoms with Gasteiger partial charge in [-0.3, -0.25) is 10.1 Å². The Balaban J connectivity index is 1.48. The summed E-state index contributed by atoms with van der Waals surface area (Å²) in [5.41, 5.74) is 2.86. The predicted octanol–water partition coefficient (Wildman–Crippen LogP) is 5.88. The second kappa shape index (κ2) is 11.9. The van der Waals surface area contributed by atoms with E-state index >= 15 is 0 Å². The number of hydrogen-bond donors (Lipinski definition) is 2. The smallest absolute Gasteiger partial charge is 0.250 e. The van der Waals surface area contributed by atoms with Crippen molar-refractivity contribution >= 4 is 46.6 Å². The van der Waals surface area contributed by atoms with Crippen molar-refractivity contribution in [3.05, 3.63) is 101 Å². The number of nitrogens with one attached hydrogen (secondary N) is 2. The van der Waals surface area contributed by atoms with Crippen LogP contribution < -0.4 is 15.4 Å². The molecule has 2 N–H and O–H groups in total. The minimum absolute atomic E-state index is 0.200. The van der Waals surface area contributed by atoms with Gasteiger partial charge in [0.25, 0.3) is 0 Å². The van der Waals surface area contributed by atoms with E-state index in [0.29, 0.717) is 23.1 Å². The van der Waals surface area contributed by atoms with Gasteiger partial charge in [-0.2, -0.15) is 0 Å². The lowest BCUT2D eigenvalue weighted by Crippen LogP contribution is -2.32. The van der Waals surface area contributed by atoms with Gasteiger partial charge in [0.05, 0.1) is 12.3 Å². The molecule has 0 bridgehead atoms. The van der Waals surface area contributed by atoms with E-state index < -0.39 is 0 Å². The molecule has 0 heterocycles. The summed E-state index contributed by atoms with van der Waals surface area (Å²) in [5.74, 6) is 0.359. The molecule has 6 heteroatoms. The fourth-order valence-corrected chi connectivity index (χ4v) is 3.19. The minimum atomic E-state index is -0.325. The molecule has 0 aliphatic carbocycles. The van der Waals surface area contributed by atoms with E-state index in [-0.39, 0.29) is 11.0 Å². The van der Waals surface area contributed by atoms with Gasteiger partial charge in [-0.15, -0.1) is 0 Å². The van der Waals surface area contributed by atoms with Crippen molar-refractivity contribution in [3.8, 4) is 5.75 Å². The van der Waals surface area contributed by atoms with Crippen molar-refractivity contribution < 1.29 is 9.53 Å². The van der Waals surface area contributed by atoms with Gasteiger partial charge in [0.15, 0.2) is 5.11 Å². The molecular weight excluding hydrogens is 428 g/mol. The van der Waals surface area contributed by atoms with Crippen molar-refractivity contribution in [2.24, 2.45) is 0 Å². The van der Waals surface area contributed by atoms with Crippen molar-refractivity contribution in [2.45, 2.75) is 12.8 Å². The van der Waals surface area contributed by atoms with Gasteiger partial charge in [-0.05, 0) is 66.5 Å². The van der Waals surface area contributed by atoms with Crippen LogP contribution in [-0.2, 0) is 11.2 Å². The maximum absolute atomic E-state index is 12.1. The molecule has 1 amide bonds. The largest absolute Gasteiger partial charge is 0.491 e. The van der Waals surface area contributed by atoms with Gasteiger partial charge in [0.1, 0.15) is 5.75 Å². The molecule has 158 valence electrons. The Kier molecular flexibility index (Phi) is 8.64. The number of thiocarbonyl (C=S) groups is 1. The van der Waals surface area contributed by atoms with E-state index in [2.05, 4.69) is 22.8 Å². The van der Waals surface area contributed by atoms with Gasteiger partial charge in [0.2, 0.25) is 5.91 Å². The lowest BCUT2D eigenvalue weighted by atomic mass is 10.1. The summed E-state index contributed by atoms with van der Waals surface area (Å²) in [6.07, 6.45) is 4.96. The third-order valence-electron chi connectivity index (χ3n) is 4.38. The monoisotopic (exact) mass is 450 g/mol. The summed E-state index contributed by atoms with van der Waals surface area (Å²) in [6, 6.07) is 25.0. The molecule has 0 spiro atoms.